The number of ether oxygens (including phenoxy) is 1. The Hall–Kier alpha value is -2.24. The molecular weight excluding hydrogens is 370 g/mol. The molecule has 1 aromatic rings. The van der Waals surface area contributed by atoms with E-state index in [-0.39, 0.29) is 12.5 Å². The van der Waals surface area contributed by atoms with Crippen LogP contribution in [0.25, 0.3) is 0 Å². The number of hydrogen-bond donors (Lipinski definition) is 1. The molecule has 1 fully saturated rings. The largest absolute Gasteiger partial charge is 0.444 e. The molecule has 6 heteroatoms. The zero-order chi connectivity index (χ0) is 21.8. The molecule has 0 aliphatic heterocycles. The van der Waals surface area contributed by atoms with Crippen molar-refractivity contribution >= 4 is 12.1 Å². The number of carbonyl (C=O) groups is 2. The Kier molecular flexibility index (Phi) is 7.55. The van der Waals surface area contributed by atoms with Crippen LogP contribution in [0.1, 0.15) is 84.3 Å². The van der Waals surface area contributed by atoms with Gasteiger partial charge >= 0.3 is 12.1 Å². The molecule has 0 heterocycles. The molecule has 1 aliphatic carbocycles. The van der Waals surface area contributed by atoms with Crippen molar-refractivity contribution in [2.75, 3.05) is 6.54 Å². The molecule has 1 saturated carbocycles. The van der Waals surface area contributed by atoms with E-state index in [4.69, 9.17) is 14.5 Å². The molecule has 0 aromatic heterocycles. The van der Waals surface area contributed by atoms with Crippen LogP contribution in [-0.4, -0.2) is 24.2 Å². The van der Waals surface area contributed by atoms with Crippen molar-refractivity contribution in [3.8, 4) is 5.75 Å². The number of carbonyl (C=O) groups excluding carboxylic acids is 2. The van der Waals surface area contributed by atoms with E-state index in [1.807, 2.05) is 18.2 Å². The maximum absolute atomic E-state index is 12.4. The van der Waals surface area contributed by atoms with Crippen molar-refractivity contribution < 1.29 is 24.1 Å². The fourth-order valence-electron chi connectivity index (χ4n) is 3.13. The molecule has 0 radical (unpaired) electrons. The van der Waals surface area contributed by atoms with Gasteiger partial charge in [-0.05, 0) is 51.4 Å². The van der Waals surface area contributed by atoms with Gasteiger partial charge in [0.05, 0.1) is 5.92 Å². The first kappa shape index (κ1) is 23.0. The predicted molar refractivity (Wildman–Crippen MR) is 112 cm³/mol. The topological polar surface area (TPSA) is 73.9 Å². The Morgan fingerprint density at radius 2 is 1.72 bits per heavy atom. The zero-order valence-electron chi connectivity index (χ0n) is 18.7. The highest BCUT2D eigenvalue weighted by Crippen LogP contribution is 2.46. The average molecular weight is 406 g/mol. The van der Waals surface area contributed by atoms with Crippen LogP contribution >= 0.6 is 0 Å². The Morgan fingerprint density at radius 1 is 1.10 bits per heavy atom. The summed E-state index contributed by atoms with van der Waals surface area (Å²) in [5, 5.41) is 2.58. The van der Waals surface area contributed by atoms with Crippen LogP contribution in [0.2, 0.25) is 0 Å². The van der Waals surface area contributed by atoms with Crippen LogP contribution < -0.4 is 10.2 Å². The normalized spacial score (nSPS) is 16.1. The fraction of sp³-hybridized carbons (Fsp3) is 0.652. The fourth-order valence-corrected chi connectivity index (χ4v) is 3.13. The second-order valence-electron chi connectivity index (χ2n) is 9.32. The molecule has 0 spiro atoms. The number of hydrogen-bond acceptors (Lipinski definition) is 5. The van der Waals surface area contributed by atoms with Gasteiger partial charge in [-0.2, -0.15) is 0 Å². The van der Waals surface area contributed by atoms with E-state index in [9.17, 15) is 9.59 Å². The molecule has 2 atom stereocenters. The van der Waals surface area contributed by atoms with Gasteiger partial charge in [0.2, 0.25) is 0 Å². The van der Waals surface area contributed by atoms with Crippen molar-refractivity contribution in [3.05, 3.63) is 29.3 Å². The minimum atomic E-state index is -0.591. The van der Waals surface area contributed by atoms with Crippen molar-refractivity contribution in [1.29, 1.82) is 0 Å². The van der Waals surface area contributed by atoms with E-state index in [2.05, 4.69) is 26.1 Å². The molecule has 1 amide bonds. The van der Waals surface area contributed by atoms with Crippen LogP contribution in [0.15, 0.2) is 18.2 Å². The molecule has 29 heavy (non-hydrogen) atoms. The minimum absolute atomic E-state index is 0.105. The Balaban J connectivity index is 1.99. The van der Waals surface area contributed by atoms with Crippen LogP contribution in [0.5, 0.6) is 5.75 Å². The third kappa shape index (κ3) is 6.94. The lowest BCUT2D eigenvalue weighted by atomic mass is 9.90. The summed E-state index contributed by atoms with van der Waals surface area (Å²) in [5.74, 6) is 0.785. The second kappa shape index (κ2) is 9.51. The van der Waals surface area contributed by atoms with Gasteiger partial charge in [0.1, 0.15) is 5.60 Å². The highest BCUT2D eigenvalue weighted by molar-refractivity contribution is 5.73. The standard InChI is InChI=1S/C23H35NO5/c1-14(2)18-9-8-10-19(16(4)17-11-12-17)20(18)28-29-21(25)15(3)13-24-22(26)27-23(5,6)7/h8-10,14-17H,11-13H2,1-7H3,(H,24,26)/t15?,16-/m1/s1. The van der Waals surface area contributed by atoms with Gasteiger partial charge in [-0.25, -0.2) is 9.59 Å². The van der Waals surface area contributed by atoms with E-state index in [1.54, 1.807) is 27.7 Å². The van der Waals surface area contributed by atoms with Gasteiger partial charge < -0.3 is 10.1 Å². The summed E-state index contributed by atoms with van der Waals surface area (Å²) in [7, 11) is 0. The molecule has 6 nitrogen and oxygen atoms in total. The summed E-state index contributed by atoms with van der Waals surface area (Å²) in [6, 6.07) is 6.08. The monoisotopic (exact) mass is 405 g/mol. The number of para-hydroxylation sites is 1. The molecular formula is C23H35NO5. The highest BCUT2D eigenvalue weighted by atomic mass is 17.2. The summed E-state index contributed by atoms with van der Waals surface area (Å²) >= 11 is 0. The molecule has 162 valence electrons. The number of benzene rings is 1. The Bertz CT molecular complexity index is 718. The smallest absolute Gasteiger partial charge is 0.407 e. The van der Waals surface area contributed by atoms with Crippen LogP contribution in [0.3, 0.4) is 0 Å². The quantitative estimate of drug-likeness (QED) is 0.468. The maximum Gasteiger partial charge on any atom is 0.407 e. The van der Waals surface area contributed by atoms with Gasteiger partial charge in [0.25, 0.3) is 0 Å². The SMILES string of the molecule is CC(CNC(=O)OC(C)(C)C)C(=O)OOc1c(C(C)C)cccc1[C@H](C)C1CC1. The van der Waals surface area contributed by atoms with E-state index >= 15 is 0 Å². The summed E-state index contributed by atoms with van der Waals surface area (Å²) in [6.07, 6.45) is 1.88. The molecule has 1 aliphatic rings. The number of amides is 1. The van der Waals surface area contributed by atoms with Crippen LogP contribution in [0.4, 0.5) is 4.79 Å². The van der Waals surface area contributed by atoms with Gasteiger partial charge in [0, 0.05) is 17.7 Å². The first-order valence-electron chi connectivity index (χ1n) is 10.5. The van der Waals surface area contributed by atoms with E-state index in [0.717, 1.165) is 11.1 Å². The third-order valence-corrected chi connectivity index (χ3v) is 5.08. The molecule has 0 saturated heterocycles. The lowest BCUT2D eigenvalue weighted by Gasteiger charge is -2.21. The number of alkyl carbamates (subject to hydrolysis) is 1. The van der Waals surface area contributed by atoms with E-state index < -0.39 is 23.6 Å². The Morgan fingerprint density at radius 3 is 2.28 bits per heavy atom. The third-order valence-electron chi connectivity index (χ3n) is 5.08. The van der Waals surface area contributed by atoms with Crippen molar-refractivity contribution in [2.24, 2.45) is 11.8 Å². The minimum Gasteiger partial charge on any atom is -0.444 e. The second-order valence-corrected chi connectivity index (χ2v) is 9.32. The van der Waals surface area contributed by atoms with E-state index in [1.165, 1.54) is 12.8 Å². The lowest BCUT2D eigenvalue weighted by Crippen LogP contribution is -2.37. The number of rotatable bonds is 8. The van der Waals surface area contributed by atoms with Gasteiger partial charge in [-0.15, -0.1) is 0 Å². The van der Waals surface area contributed by atoms with Crippen molar-refractivity contribution in [2.45, 2.75) is 78.7 Å². The molecule has 1 unspecified atom stereocenters. The zero-order valence-corrected chi connectivity index (χ0v) is 18.7. The predicted octanol–water partition coefficient (Wildman–Crippen LogP) is 5.32. The summed E-state index contributed by atoms with van der Waals surface area (Å²) in [4.78, 5) is 34.9. The summed E-state index contributed by atoms with van der Waals surface area (Å²) in [5.41, 5.74) is 1.50. The Labute approximate surface area is 174 Å². The molecule has 0 bridgehead atoms. The summed E-state index contributed by atoms with van der Waals surface area (Å²) < 4.78 is 5.18. The van der Waals surface area contributed by atoms with Crippen LogP contribution in [-0.2, 0) is 14.4 Å². The first-order chi connectivity index (χ1) is 13.5. The molecule has 1 N–H and O–H groups in total. The van der Waals surface area contributed by atoms with Gasteiger partial charge in [0.15, 0.2) is 5.75 Å². The average Bonchev–Trinajstić information content (AvgIpc) is 3.46. The highest BCUT2D eigenvalue weighted by Gasteiger charge is 2.32. The lowest BCUT2D eigenvalue weighted by molar-refractivity contribution is -0.218. The molecule has 1 aromatic carbocycles. The summed E-state index contributed by atoms with van der Waals surface area (Å²) in [6.45, 7) is 13.5. The van der Waals surface area contributed by atoms with E-state index in [0.29, 0.717) is 17.6 Å². The maximum atomic E-state index is 12.4. The van der Waals surface area contributed by atoms with Gasteiger partial charge in [-0.3, -0.25) is 9.78 Å². The van der Waals surface area contributed by atoms with Crippen molar-refractivity contribution in [1.82, 2.24) is 5.32 Å². The van der Waals surface area contributed by atoms with Crippen LogP contribution in [0, 0.1) is 11.8 Å². The first-order valence-corrected chi connectivity index (χ1v) is 10.5. The van der Waals surface area contributed by atoms with Crippen molar-refractivity contribution in [3.63, 3.8) is 0 Å². The molecule has 2 rings (SSSR count). The van der Waals surface area contributed by atoms with Gasteiger partial charge in [-0.1, -0.05) is 45.9 Å². The number of nitrogens with one attached hydrogen (secondary N) is 1.